The van der Waals surface area contributed by atoms with E-state index in [2.05, 4.69) is 26.1 Å². The Hall–Kier alpha value is 0.177. The topological polar surface area (TPSA) is 12.0 Å². The smallest absolute Gasteiger partial charge is 0.0123 e. The van der Waals surface area contributed by atoms with Gasteiger partial charge in [-0.05, 0) is 31.0 Å². The second-order valence-electron chi connectivity index (χ2n) is 4.80. The van der Waals surface area contributed by atoms with Gasteiger partial charge in [-0.2, -0.15) is 0 Å². The predicted octanol–water partition coefficient (Wildman–Crippen LogP) is 2.50. The fraction of sp³-hybridized carbons (Fsp3) is 1.00. The summed E-state index contributed by atoms with van der Waals surface area (Å²) >= 11 is 0. The van der Waals surface area contributed by atoms with E-state index in [0.29, 0.717) is 5.04 Å². The lowest BCUT2D eigenvalue weighted by Gasteiger charge is -2.30. The molecule has 0 bridgehead atoms. The summed E-state index contributed by atoms with van der Waals surface area (Å²) in [6.07, 6.45) is 8.42. The molecule has 0 aliphatic heterocycles. The maximum atomic E-state index is 3.54. The Balaban J connectivity index is 3.89. The molecule has 0 heterocycles. The second-order valence-corrected chi connectivity index (χ2v) is 6.92. The molecule has 1 N–H and O–H groups in total. The van der Waals surface area contributed by atoms with E-state index in [4.69, 9.17) is 0 Å². The maximum Gasteiger partial charge on any atom is 0.0123 e. The molecular formula is C12H29NSi. The molecule has 0 radical (unpaired) electrons. The van der Waals surface area contributed by atoms with Crippen molar-refractivity contribution in [2.75, 3.05) is 13.1 Å². The molecule has 0 aliphatic rings. The van der Waals surface area contributed by atoms with Crippen LogP contribution in [0, 0.1) is 0 Å². The van der Waals surface area contributed by atoms with E-state index in [1.165, 1.54) is 55.3 Å². The van der Waals surface area contributed by atoms with Crippen molar-refractivity contribution in [1.82, 2.24) is 5.32 Å². The van der Waals surface area contributed by atoms with Gasteiger partial charge in [0.1, 0.15) is 0 Å². The zero-order chi connectivity index (χ0) is 10.9. The van der Waals surface area contributed by atoms with E-state index in [0.717, 1.165) is 6.54 Å². The highest BCUT2D eigenvalue weighted by molar-refractivity contribution is 6.15. The van der Waals surface area contributed by atoms with E-state index in [1.807, 2.05) is 0 Å². The fourth-order valence-corrected chi connectivity index (χ4v) is 2.89. The van der Waals surface area contributed by atoms with Crippen LogP contribution in [0.25, 0.3) is 0 Å². The Morgan fingerprint density at radius 2 is 1.50 bits per heavy atom. The molecule has 0 aromatic heterocycles. The zero-order valence-electron chi connectivity index (χ0n) is 10.7. The van der Waals surface area contributed by atoms with E-state index in [9.17, 15) is 0 Å². The molecule has 14 heavy (non-hydrogen) atoms. The third-order valence-corrected chi connectivity index (χ3v) is 4.42. The van der Waals surface area contributed by atoms with Crippen LogP contribution in [0.4, 0.5) is 0 Å². The van der Waals surface area contributed by atoms with E-state index < -0.39 is 0 Å². The highest BCUT2D eigenvalue weighted by Gasteiger charge is 2.21. The molecule has 86 valence electrons. The van der Waals surface area contributed by atoms with Crippen molar-refractivity contribution in [3.63, 3.8) is 0 Å². The maximum absolute atomic E-state index is 3.54. The predicted molar refractivity (Wildman–Crippen MR) is 70.2 cm³/mol. The molecule has 0 rings (SSSR count). The largest absolute Gasteiger partial charge is 0.317 e. The molecule has 0 atom stereocenters. The van der Waals surface area contributed by atoms with Crippen LogP contribution in [-0.4, -0.2) is 23.3 Å². The van der Waals surface area contributed by atoms with Crippen LogP contribution in [-0.2, 0) is 0 Å². The van der Waals surface area contributed by atoms with Gasteiger partial charge in [-0.25, -0.2) is 0 Å². The number of hydrogen-bond acceptors (Lipinski definition) is 1. The first kappa shape index (κ1) is 14.2. The monoisotopic (exact) mass is 215 g/mol. The van der Waals surface area contributed by atoms with Crippen LogP contribution in [0.2, 0.25) is 5.04 Å². The Morgan fingerprint density at radius 3 is 1.86 bits per heavy atom. The Kier molecular flexibility index (Phi) is 8.59. The molecule has 0 spiro atoms. The van der Waals surface area contributed by atoms with Crippen molar-refractivity contribution in [2.45, 2.75) is 64.3 Å². The first-order chi connectivity index (χ1) is 6.68. The number of nitrogens with one attached hydrogen (secondary N) is 1. The zero-order valence-corrected chi connectivity index (χ0v) is 12.7. The standard InChI is InChI=1S/C12H29NSi/c1-4-7-9-12(14,10-8-5-2)11-13-6-3/h13H,4-11H2,1-3,14H3. The van der Waals surface area contributed by atoms with Crippen molar-refractivity contribution in [1.29, 1.82) is 0 Å². The van der Waals surface area contributed by atoms with Gasteiger partial charge in [0.25, 0.3) is 0 Å². The summed E-state index contributed by atoms with van der Waals surface area (Å²) in [6.45, 7) is 9.20. The molecule has 0 saturated heterocycles. The van der Waals surface area contributed by atoms with Crippen molar-refractivity contribution in [3.8, 4) is 0 Å². The van der Waals surface area contributed by atoms with Crippen molar-refractivity contribution >= 4 is 10.2 Å². The Bertz CT molecular complexity index is 104. The minimum absolute atomic E-state index is 0.683. The van der Waals surface area contributed by atoms with Crippen molar-refractivity contribution in [3.05, 3.63) is 0 Å². The van der Waals surface area contributed by atoms with E-state index in [1.54, 1.807) is 0 Å². The molecule has 0 fully saturated rings. The highest BCUT2D eigenvalue weighted by atomic mass is 28.1. The van der Waals surface area contributed by atoms with Gasteiger partial charge in [-0.1, -0.05) is 46.5 Å². The van der Waals surface area contributed by atoms with Gasteiger partial charge in [0.15, 0.2) is 0 Å². The molecule has 0 amide bonds. The SMILES string of the molecule is CCCCC([SiH3])(CCCC)CNCC. The van der Waals surface area contributed by atoms with E-state index >= 15 is 0 Å². The lowest BCUT2D eigenvalue weighted by molar-refractivity contribution is 0.419. The van der Waals surface area contributed by atoms with Crippen LogP contribution < -0.4 is 5.32 Å². The number of rotatable bonds is 9. The quantitative estimate of drug-likeness (QED) is 0.583. The number of hydrogen-bond donors (Lipinski definition) is 1. The molecule has 0 aromatic rings. The lowest BCUT2D eigenvalue weighted by Crippen LogP contribution is -2.29. The first-order valence-electron chi connectivity index (χ1n) is 6.39. The van der Waals surface area contributed by atoms with Crippen molar-refractivity contribution in [2.24, 2.45) is 0 Å². The second kappa shape index (κ2) is 8.48. The molecule has 0 unspecified atom stereocenters. The van der Waals surface area contributed by atoms with Gasteiger partial charge in [-0.3, -0.25) is 0 Å². The summed E-state index contributed by atoms with van der Waals surface area (Å²) in [5.74, 6) is 0. The average Bonchev–Trinajstić information content (AvgIpc) is 2.21. The molecule has 0 aliphatic carbocycles. The third-order valence-electron chi connectivity index (χ3n) is 3.07. The summed E-state index contributed by atoms with van der Waals surface area (Å²) in [7, 11) is 1.35. The fourth-order valence-electron chi connectivity index (χ4n) is 1.94. The van der Waals surface area contributed by atoms with Gasteiger partial charge in [0, 0.05) is 10.2 Å². The first-order valence-corrected chi connectivity index (χ1v) is 7.39. The summed E-state index contributed by atoms with van der Waals surface area (Å²) in [5, 5.41) is 4.22. The van der Waals surface area contributed by atoms with Crippen LogP contribution in [0.5, 0.6) is 0 Å². The minimum Gasteiger partial charge on any atom is -0.317 e. The van der Waals surface area contributed by atoms with Gasteiger partial charge in [-0.15, -0.1) is 0 Å². The van der Waals surface area contributed by atoms with Crippen molar-refractivity contribution < 1.29 is 0 Å². The Labute approximate surface area is 93.5 Å². The molecule has 1 nitrogen and oxygen atoms in total. The summed E-state index contributed by atoms with van der Waals surface area (Å²) in [6, 6.07) is 0. The summed E-state index contributed by atoms with van der Waals surface area (Å²) < 4.78 is 0. The Morgan fingerprint density at radius 1 is 1.00 bits per heavy atom. The molecule has 0 aromatic carbocycles. The lowest BCUT2D eigenvalue weighted by atomic mass is 9.94. The average molecular weight is 215 g/mol. The molecule has 0 saturated carbocycles. The van der Waals surface area contributed by atoms with Crippen LogP contribution in [0.15, 0.2) is 0 Å². The van der Waals surface area contributed by atoms with Gasteiger partial charge in [0.05, 0.1) is 0 Å². The van der Waals surface area contributed by atoms with Crippen LogP contribution in [0.1, 0.15) is 59.3 Å². The molecule has 2 heteroatoms. The van der Waals surface area contributed by atoms with Gasteiger partial charge < -0.3 is 5.32 Å². The van der Waals surface area contributed by atoms with Gasteiger partial charge in [0.2, 0.25) is 0 Å². The highest BCUT2D eigenvalue weighted by Crippen LogP contribution is 2.34. The molecular weight excluding hydrogens is 186 g/mol. The van der Waals surface area contributed by atoms with Crippen LogP contribution in [0.3, 0.4) is 0 Å². The summed E-state index contributed by atoms with van der Waals surface area (Å²) in [4.78, 5) is 0. The normalized spacial score (nSPS) is 12.2. The van der Waals surface area contributed by atoms with Gasteiger partial charge >= 0.3 is 0 Å². The third kappa shape index (κ3) is 6.60. The number of unbranched alkanes of at least 4 members (excludes halogenated alkanes) is 2. The van der Waals surface area contributed by atoms with Crippen LogP contribution >= 0.6 is 0 Å². The summed E-state index contributed by atoms with van der Waals surface area (Å²) in [5.41, 5.74) is 0. The minimum atomic E-state index is 0.683. The van der Waals surface area contributed by atoms with E-state index in [-0.39, 0.29) is 0 Å².